The molecule has 6 aromatic rings. The quantitative estimate of drug-likeness (QED) is 0.156. The van der Waals surface area contributed by atoms with Crippen LogP contribution in [-0.4, -0.2) is 15.0 Å². The molecule has 2 aromatic carbocycles. The molecule has 2 aliphatic carbocycles. The smallest absolute Gasteiger partial charge is 0.216 e. The summed E-state index contributed by atoms with van der Waals surface area (Å²) >= 11 is 0. The van der Waals surface area contributed by atoms with E-state index in [1.165, 1.54) is 50.1 Å². The Morgan fingerprint density at radius 1 is 0.793 bits per heavy atom. The summed E-state index contributed by atoms with van der Waals surface area (Å²) in [5.74, 6) is -0.0261. The zero-order chi connectivity index (χ0) is 51.0. The topological polar surface area (TPSA) is 51.8 Å². The van der Waals surface area contributed by atoms with Gasteiger partial charge in [-0.1, -0.05) is 90.9 Å². The Bertz CT molecular complexity index is 2800. The zero-order valence-corrected chi connectivity index (χ0v) is 37.6. The van der Waals surface area contributed by atoms with E-state index in [9.17, 15) is 0 Å². The number of aromatic nitrogens is 3. The maximum atomic E-state index is 9.16. The zero-order valence-electron chi connectivity index (χ0n) is 47.2. The van der Waals surface area contributed by atoms with Gasteiger partial charge in [-0.15, -0.1) is 53.6 Å². The first-order chi connectivity index (χ1) is 31.7. The number of hydrogen-bond acceptors (Lipinski definition) is 4. The SMILES string of the molecule is [2H]C([2H])([2H])c1c[c-]c(-c2cc(C([2H])([2H])C(C)(C)C)c(C([2H])([2H])C(C)(C)C)cn2)cc1.[2H]C([2H])([2H])c1ccc2c(n1)oc1c(-c3cc(C([2H])([2H])C4CCC5(CC4)CCC(C)(C)CC5)ccn3)[c-]ccc12.[Ir]. The van der Waals surface area contributed by atoms with E-state index in [-0.39, 0.29) is 54.1 Å². The summed E-state index contributed by atoms with van der Waals surface area (Å²) in [4.78, 5) is 13.2. The van der Waals surface area contributed by atoms with Gasteiger partial charge in [0, 0.05) is 60.0 Å². The van der Waals surface area contributed by atoms with Crippen LogP contribution in [0.2, 0.25) is 0 Å². The van der Waals surface area contributed by atoms with Gasteiger partial charge in [0.1, 0.15) is 0 Å². The van der Waals surface area contributed by atoms with Crippen molar-refractivity contribution in [3.63, 3.8) is 0 Å². The fraction of sp³-hybridized carbons (Fsp3) is 0.491. The van der Waals surface area contributed by atoms with Crippen LogP contribution in [0.1, 0.15) is 151 Å². The third kappa shape index (κ3) is 10.9. The van der Waals surface area contributed by atoms with Gasteiger partial charge in [-0.25, -0.2) is 4.98 Å². The van der Waals surface area contributed by atoms with Crippen molar-refractivity contribution >= 4 is 22.1 Å². The second-order valence-corrected chi connectivity index (χ2v) is 19.1. The molecule has 0 bridgehead atoms. The number of fused-ring (bicyclic) bond motifs is 3. The van der Waals surface area contributed by atoms with Gasteiger partial charge in [-0.05, 0) is 146 Å². The number of hydrogen-bond donors (Lipinski definition) is 0. The van der Waals surface area contributed by atoms with E-state index in [4.69, 9.17) is 20.9 Å². The van der Waals surface area contributed by atoms with Crippen molar-refractivity contribution in [1.82, 2.24) is 15.0 Å². The third-order valence-corrected chi connectivity index (χ3v) is 11.4. The van der Waals surface area contributed by atoms with Gasteiger partial charge in [0.05, 0.1) is 5.58 Å². The Hall–Kier alpha value is -3.66. The van der Waals surface area contributed by atoms with Crippen LogP contribution in [0.3, 0.4) is 0 Å². The molecule has 4 aromatic heterocycles. The molecule has 1 radical (unpaired) electrons. The summed E-state index contributed by atoms with van der Waals surface area (Å²) < 4.78 is 105. The molecule has 2 aliphatic rings. The van der Waals surface area contributed by atoms with E-state index in [1.54, 1.807) is 78.1 Å². The van der Waals surface area contributed by atoms with Crippen molar-refractivity contribution in [2.45, 2.75) is 140 Å². The molecule has 0 amide bonds. The second-order valence-electron chi connectivity index (χ2n) is 19.1. The molecule has 0 saturated heterocycles. The van der Waals surface area contributed by atoms with Crippen LogP contribution in [0.25, 0.3) is 44.6 Å². The molecule has 2 fully saturated rings. The minimum atomic E-state index is -2.32. The number of nitrogens with zero attached hydrogens (tertiary/aromatic N) is 3. The van der Waals surface area contributed by atoms with E-state index in [0.29, 0.717) is 44.5 Å². The van der Waals surface area contributed by atoms with Crippen molar-refractivity contribution in [3.05, 3.63) is 113 Å². The Labute approximate surface area is 379 Å². The summed E-state index contributed by atoms with van der Waals surface area (Å²) in [5.41, 5.74) is 3.45. The molecule has 0 N–H and O–H groups in total. The maximum absolute atomic E-state index is 9.16. The number of aryl methyl sites for hydroxylation is 2. The molecule has 5 heteroatoms. The Morgan fingerprint density at radius 3 is 2.21 bits per heavy atom. The number of furan rings is 1. The standard InChI is InChI=1S/C31H35N2O.C22H30N.Ir/c1-21-7-8-25-24-5-4-6-26(28(24)34-29(25)33-21)27-20-23(11-18-32-27)19-22-9-12-31(13-10-22)16-14-30(2,3)15-17-31;1-16-8-10-17(11-9-16)20-12-18(13-21(2,3)4)19(15-23-20)14-22(5,6)7;/h4-5,7-8,11,18,20,22H,9-10,12-17,19H2,1-3H3;8-10,12,15H,13-14H2,1-7H3;/q2*-1;/i1D3,19D2;1D3,13D2,14D2;. The Kier molecular flexibility index (Phi) is 9.17. The summed E-state index contributed by atoms with van der Waals surface area (Å²) in [6.07, 6.45) is 7.09. The molecule has 1 spiro atoms. The molecule has 309 valence electrons. The first-order valence-corrected chi connectivity index (χ1v) is 20.4. The predicted octanol–water partition coefficient (Wildman–Crippen LogP) is 14.5. The third-order valence-electron chi connectivity index (χ3n) is 11.4. The van der Waals surface area contributed by atoms with Gasteiger partial charge < -0.3 is 14.4 Å². The molecular weight excluding hydrogens is 887 g/mol. The van der Waals surface area contributed by atoms with Gasteiger partial charge in [-0.2, -0.15) is 0 Å². The first kappa shape index (κ1) is 30.4. The second kappa shape index (κ2) is 17.5. The minimum Gasteiger partial charge on any atom is -0.486 e. The predicted molar refractivity (Wildman–Crippen MR) is 238 cm³/mol. The van der Waals surface area contributed by atoms with Gasteiger partial charge in [0.25, 0.3) is 0 Å². The molecule has 4 nitrogen and oxygen atoms in total. The molecule has 4 heterocycles. The van der Waals surface area contributed by atoms with E-state index < -0.39 is 43.7 Å². The monoisotopic (exact) mass is 965 g/mol. The van der Waals surface area contributed by atoms with E-state index in [0.717, 1.165) is 36.5 Å². The number of benzene rings is 2. The fourth-order valence-corrected chi connectivity index (χ4v) is 8.23. The van der Waals surface area contributed by atoms with E-state index in [1.807, 2.05) is 12.1 Å². The van der Waals surface area contributed by atoms with Crippen molar-refractivity contribution in [2.75, 3.05) is 0 Å². The van der Waals surface area contributed by atoms with Crippen molar-refractivity contribution in [2.24, 2.45) is 27.6 Å². The van der Waals surface area contributed by atoms with Crippen molar-refractivity contribution in [3.8, 4) is 22.5 Å². The number of rotatable bonds is 6. The van der Waals surface area contributed by atoms with Crippen LogP contribution in [0.4, 0.5) is 0 Å². The van der Waals surface area contributed by atoms with Crippen LogP contribution < -0.4 is 0 Å². The largest absolute Gasteiger partial charge is 0.486 e. The Morgan fingerprint density at radius 2 is 1.53 bits per heavy atom. The molecule has 2 saturated carbocycles. The minimum absolute atomic E-state index is 0. The normalized spacial score (nSPS) is 21.1. The molecule has 58 heavy (non-hydrogen) atoms. The average Bonchev–Trinajstić information content (AvgIpc) is 3.65. The average molecular weight is 964 g/mol. The van der Waals surface area contributed by atoms with Gasteiger partial charge in [0.2, 0.25) is 5.71 Å². The van der Waals surface area contributed by atoms with Crippen LogP contribution in [-0.2, 0) is 39.2 Å². The van der Waals surface area contributed by atoms with Crippen LogP contribution in [0, 0.1) is 53.4 Å². The summed E-state index contributed by atoms with van der Waals surface area (Å²) in [6, 6.07) is 22.7. The van der Waals surface area contributed by atoms with Crippen molar-refractivity contribution in [1.29, 1.82) is 0 Å². The number of pyridine rings is 3. The van der Waals surface area contributed by atoms with Gasteiger partial charge in [-0.3, -0.25) is 0 Å². The van der Waals surface area contributed by atoms with Gasteiger partial charge >= 0.3 is 0 Å². The maximum Gasteiger partial charge on any atom is 0.216 e. The van der Waals surface area contributed by atoms with Crippen LogP contribution in [0.15, 0.2) is 77.5 Å². The first-order valence-electron chi connectivity index (χ1n) is 26.4. The van der Waals surface area contributed by atoms with Crippen LogP contribution in [0.5, 0.6) is 0 Å². The van der Waals surface area contributed by atoms with E-state index in [2.05, 4.69) is 40.9 Å². The van der Waals surface area contributed by atoms with E-state index >= 15 is 0 Å². The molecular formula is C53H65IrN3O-2. The molecule has 0 aliphatic heterocycles. The molecule has 0 atom stereocenters. The van der Waals surface area contributed by atoms with Gasteiger partial charge in [0.15, 0.2) is 0 Å². The van der Waals surface area contributed by atoms with Crippen LogP contribution >= 0.6 is 0 Å². The molecule has 0 unspecified atom stereocenters. The summed E-state index contributed by atoms with van der Waals surface area (Å²) in [7, 11) is 0. The summed E-state index contributed by atoms with van der Waals surface area (Å²) in [5, 5.41) is 1.52. The van der Waals surface area contributed by atoms with Crippen molar-refractivity contribution < 1.29 is 41.0 Å². The Balaban J connectivity index is 0.000000235. The fourth-order valence-electron chi connectivity index (χ4n) is 8.23. The molecule has 8 rings (SSSR count). The summed E-state index contributed by atoms with van der Waals surface area (Å²) in [6.45, 7) is 10.9.